The predicted octanol–water partition coefficient (Wildman–Crippen LogP) is 5.12. The Bertz CT molecular complexity index is 1430. The van der Waals surface area contributed by atoms with Crippen molar-refractivity contribution in [1.82, 2.24) is 24.9 Å². The number of nitrogens with zero attached hydrogens (tertiary/aromatic N) is 5. The Kier molecular flexibility index (Phi) is 10.8. The number of carbonyl (C=O) groups is 2. The third-order valence-corrected chi connectivity index (χ3v) is 13.5. The summed E-state index contributed by atoms with van der Waals surface area (Å²) in [5, 5.41) is 14.6. The van der Waals surface area contributed by atoms with Gasteiger partial charge in [0.2, 0.25) is 5.91 Å². The van der Waals surface area contributed by atoms with E-state index in [-0.39, 0.29) is 48.9 Å². The summed E-state index contributed by atoms with van der Waals surface area (Å²) in [6.45, 7) is 7.23. The van der Waals surface area contributed by atoms with Gasteiger partial charge in [-0.25, -0.2) is 0 Å². The highest BCUT2D eigenvalue weighted by Crippen LogP contribution is 2.51. The second-order valence-electron chi connectivity index (χ2n) is 15.8. The summed E-state index contributed by atoms with van der Waals surface area (Å²) in [4.78, 5) is 37.5. The molecule has 3 aliphatic heterocycles. The predicted molar refractivity (Wildman–Crippen MR) is 191 cm³/mol. The number of nitrogens with one attached hydrogen (secondary N) is 1. The average molecular weight is 691 g/mol. The molecular weight excluding hydrogens is 636 g/mol. The van der Waals surface area contributed by atoms with Crippen molar-refractivity contribution in [3.63, 3.8) is 0 Å². The molecule has 3 aliphatic carbocycles. The van der Waals surface area contributed by atoms with E-state index in [1.165, 1.54) is 49.3 Å². The van der Waals surface area contributed by atoms with Gasteiger partial charge in [0.25, 0.3) is 0 Å². The molecular formula is C39H55ClN6O3. The molecule has 1 amide bonds. The van der Waals surface area contributed by atoms with Gasteiger partial charge < -0.3 is 14.5 Å². The van der Waals surface area contributed by atoms with Crippen LogP contribution in [0.3, 0.4) is 0 Å². The number of ketones is 1. The first-order valence-electron chi connectivity index (χ1n) is 19.0. The highest BCUT2D eigenvalue weighted by molar-refractivity contribution is 6.31. The van der Waals surface area contributed by atoms with E-state index < -0.39 is 5.41 Å². The van der Waals surface area contributed by atoms with Gasteiger partial charge in [0.05, 0.1) is 37.3 Å². The zero-order valence-corrected chi connectivity index (χ0v) is 30.1. The minimum atomic E-state index is -0.404. The number of nitriles is 1. The molecule has 1 spiro atoms. The number of fused-ring (bicyclic) bond motifs is 2. The summed E-state index contributed by atoms with van der Waals surface area (Å²) in [5.41, 5.74) is 2.04. The van der Waals surface area contributed by atoms with Crippen LogP contribution >= 0.6 is 11.6 Å². The number of amides is 1. The lowest BCUT2D eigenvalue weighted by Crippen LogP contribution is -2.76. The van der Waals surface area contributed by atoms with Crippen molar-refractivity contribution in [1.29, 1.82) is 5.26 Å². The molecule has 49 heavy (non-hydrogen) atoms. The van der Waals surface area contributed by atoms with Crippen LogP contribution in [0.2, 0.25) is 5.02 Å². The first-order valence-corrected chi connectivity index (χ1v) is 19.4. The summed E-state index contributed by atoms with van der Waals surface area (Å²) in [7, 11) is 2.19. The van der Waals surface area contributed by atoms with Crippen LogP contribution in [0.1, 0.15) is 88.2 Å². The third-order valence-electron chi connectivity index (χ3n) is 13.1. The molecule has 1 aromatic rings. The van der Waals surface area contributed by atoms with Gasteiger partial charge in [-0.1, -0.05) is 56.0 Å². The van der Waals surface area contributed by atoms with Gasteiger partial charge in [0.1, 0.15) is 0 Å². The number of Topliss-reactive ketones (excluding diaryl/α,β-unsaturated/α-hetero) is 1. The average Bonchev–Trinajstić information content (AvgIpc) is 3.34. The minimum Gasteiger partial charge on any atom is -0.348 e. The Morgan fingerprint density at radius 3 is 2.65 bits per heavy atom. The van der Waals surface area contributed by atoms with E-state index in [0.29, 0.717) is 38.1 Å². The first kappa shape index (κ1) is 35.1. The fraction of sp³-hybridized carbons (Fsp3) is 0.718. The lowest BCUT2D eigenvalue weighted by atomic mass is 9.58. The van der Waals surface area contributed by atoms with Crippen molar-refractivity contribution in [2.75, 3.05) is 39.8 Å². The van der Waals surface area contributed by atoms with Crippen molar-refractivity contribution in [2.24, 2.45) is 11.3 Å². The molecule has 6 aliphatic rings. The Labute approximate surface area is 297 Å². The summed E-state index contributed by atoms with van der Waals surface area (Å²) < 4.78 is 7.01. The molecule has 2 saturated carbocycles. The van der Waals surface area contributed by atoms with E-state index in [1.54, 1.807) is 4.90 Å². The monoisotopic (exact) mass is 690 g/mol. The number of rotatable bonds is 7. The second-order valence-corrected chi connectivity index (χ2v) is 16.2. The maximum absolute atomic E-state index is 15.5. The van der Waals surface area contributed by atoms with E-state index in [2.05, 4.69) is 45.8 Å². The number of ether oxygens (including phenoxy) is 1. The molecule has 1 aromatic carbocycles. The summed E-state index contributed by atoms with van der Waals surface area (Å²) in [6.07, 6.45) is 14.7. The zero-order valence-electron chi connectivity index (χ0n) is 29.3. The smallest absolute Gasteiger partial charge is 0.246 e. The number of benzene rings is 1. The van der Waals surface area contributed by atoms with E-state index >= 15 is 4.79 Å². The molecule has 10 heteroatoms. The number of likely N-dealkylation sites (N-methyl/N-ethyl adjacent to an activating group) is 1. The number of likely N-dealkylation sites (tertiary alicyclic amines) is 1. The summed E-state index contributed by atoms with van der Waals surface area (Å²) in [6, 6.07) is 8.70. The Balaban J connectivity index is 1.24. The van der Waals surface area contributed by atoms with Crippen molar-refractivity contribution in [3.05, 3.63) is 47.0 Å². The zero-order chi connectivity index (χ0) is 34.1. The fourth-order valence-corrected chi connectivity index (χ4v) is 10.7. The molecule has 7 unspecified atom stereocenters. The largest absolute Gasteiger partial charge is 0.348 e. The van der Waals surface area contributed by atoms with Crippen molar-refractivity contribution >= 4 is 23.3 Å². The first-order chi connectivity index (χ1) is 23.8. The normalized spacial score (nSPS) is 35.0. The summed E-state index contributed by atoms with van der Waals surface area (Å²) >= 11 is 6.68. The van der Waals surface area contributed by atoms with Crippen LogP contribution in [0.5, 0.6) is 0 Å². The van der Waals surface area contributed by atoms with Gasteiger partial charge >= 0.3 is 0 Å². The van der Waals surface area contributed by atoms with Crippen LogP contribution in [0.25, 0.3) is 0 Å². The standard InChI is InChI=1S/C39H55ClN6O3/c1-3-34(47)45-23-22-44(25-29(45)17-20-41)37-32-16-19-39(18-15-31-27(24-39)10-8-14-33(31)40)36(48)35(32)46(28-11-6-4-5-7-12-28)38(42-37)49-26-30-13-9-21-43(30)2/h3,8,10,14,28-30,32,35,37-38,42H,1,4-7,9,11-13,15-19,21-26H2,2H3. The van der Waals surface area contributed by atoms with E-state index in [1.807, 2.05) is 12.1 Å². The van der Waals surface area contributed by atoms with Crippen LogP contribution in [0, 0.1) is 22.7 Å². The number of carbonyl (C=O) groups excluding carboxylic acids is 2. The maximum Gasteiger partial charge on any atom is 0.246 e. The van der Waals surface area contributed by atoms with Gasteiger partial charge in [-0.3, -0.25) is 24.7 Å². The molecule has 7 rings (SSSR count). The molecule has 9 nitrogen and oxygen atoms in total. The van der Waals surface area contributed by atoms with Crippen LogP contribution in [-0.2, 0) is 27.2 Å². The molecule has 1 N–H and O–H groups in total. The molecule has 0 radical (unpaired) electrons. The van der Waals surface area contributed by atoms with E-state index in [9.17, 15) is 10.1 Å². The summed E-state index contributed by atoms with van der Waals surface area (Å²) in [5.74, 6) is 0.356. The Morgan fingerprint density at radius 1 is 1.10 bits per heavy atom. The molecule has 266 valence electrons. The molecule has 5 fully saturated rings. The van der Waals surface area contributed by atoms with Crippen LogP contribution < -0.4 is 5.32 Å². The Morgan fingerprint density at radius 2 is 1.92 bits per heavy atom. The van der Waals surface area contributed by atoms with Crippen LogP contribution in [-0.4, -0.2) is 108 Å². The van der Waals surface area contributed by atoms with Crippen molar-refractivity contribution in [3.8, 4) is 6.07 Å². The topological polar surface area (TPSA) is 92.2 Å². The minimum absolute atomic E-state index is 0.0838. The molecule has 0 bridgehead atoms. The number of hydrogen-bond acceptors (Lipinski definition) is 8. The molecule has 3 saturated heterocycles. The maximum atomic E-state index is 15.5. The lowest BCUT2D eigenvalue weighted by Gasteiger charge is -2.60. The fourth-order valence-electron chi connectivity index (χ4n) is 10.4. The Hall–Kier alpha value is -2.32. The third kappa shape index (κ3) is 6.86. The molecule has 7 atom stereocenters. The van der Waals surface area contributed by atoms with Crippen molar-refractivity contribution < 1.29 is 14.3 Å². The van der Waals surface area contributed by atoms with Gasteiger partial charge in [-0.2, -0.15) is 5.26 Å². The molecule has 3 heterocycles. The molecule has 0 aromatic heterocycles. The second kappa shape index (κ2) is 15.1. The van der Waals surface area contributed by atoms with Crippen molar-refractivity contribution in [2.45, 2.75) is 127 Å². The van der Waals surface area contributed by atoms with Crippen LogP contribution in [0.15, 0.2) is 30.9 Å². The van der Waals surface area contributed by atoms with E-state index in [4.69, 9.17) is 16.3 Å². The quantitative estimate of drug-likeness (QED) is 0.312. The van der Waals surface area contributed by atoms with Gasteiger partial charge in [-0.15, -0.1) is 0 Å². The SMILES string of the molecule is C=CC(=O)N1CCN(C2NC(OCC3CCCN3C)N(C3CCCCCC3)C3C(=O)C4(CCc5c(Cl)cccc5C4)CCC23)CC1CC#N. The van der Waals surface area contributed by atoms with Crippen LogP contribution in [0.4, 0.5) is 0 Å². The number of piperazine rings is 1. The number of halogens is 1. The van der Waals surface area contributed by atoms with E-state index in [0.717, 1.165) is 62.9 Å². The number of hydrogen-bond donors (Lipinski definition) is 1. The lowest BCUT2D eigenvalue weighted by molar-refractivity contribution is -0.205. The van der Waals surface area contributed by atoms with Gasteiger partial charge in [-0.05, 0) is 94.6 Å². The van der Waals surface area contributed by atoms with Gasteiger partial charge in [0, 0.05) is 48.1 Å². The van der Waals surface area contributed by atoms with Gasteiger partial charge in [0.15, 0.2) is 12.1 Å². The highest BCUT2D eigenvalue weighted by Gasteiger charge is 2.59. The highest BCUT2D eigenvalue weighted by atomic mass is 35.5.